The number of piperidine rings is 1. The fourth-order valence-electron chi connectivity index (χ4n) is 4.02. The van der Waals surface area contributed by atoms with Crippen molar-refractivity contribution in [1.82, 2.24) is 15.3 Å². The van der Waals surface area contributed by atoms with Crippen LogP contribution in [0.3, 0.4) is 0 Å². The second-order valence-corrected chi connectivity index (χ2v) is 7.05. The first kappa shape index (κ1) is 15.0. The molecule has 0 saturated carbocycles. The number of H-pyrrole nitrogens is 1. The topological polar surface area (TPSA) is 62.0 Å². The van der Waals surface area contributed by atoms with Gasteiger partial charge in [0.05, 0.1) is 0 Å². The first-order valence-corrected chi connectivity index (χ1v) is 8.82. The minimum atomic E-state index is 0.488. The number of aromatic amines is 1. The van der Waals surface area contributed by atoms with Gasteiger partial charge in [-0.25, -0.2) is 4.98 Å². The number of nitrogens with one attached hydrogen (secondary N) is 3. The molecular weight excluding hydrogens is 288 g/mol. The van der Waals surface area contributed by atoms with Crippen LogP contribution in [0.25, 0.3) is 11.0 Å². The molecule has 4 rings (SSSR count). The van der Waals surface area contributed by atoms with Crippen molar-refractivity contribution in [2.45, 2.75) is 38.1 Å². The second-order valence-electron chi connectivity index (χ2n) is 7.05. The van der Waals surface area contributed by atoms with Gasteiger partial charge in [-0.3, -0.25) is 0 Å². The Hall–Kier alpha value is -1.59. The number of fused-ring (bicyclic) bond motifs is 1. The Morgan fingerprint density at radius 3 is 2.96 bits per heavy atom. The Labute approximate surface area is 137 Å². The average molecular weight is 314 g/mol. The predicted octanol–water partition coefficient (Wildman–Crippen LogP) is 2.87. The van der Waals surface area contributed by atoms with Crippen molar-refractivity contribution >= 4 is 16.7 Å². The maximum atomic E-state index is 5.52. The van der Waals surface area contributed by atoms with E-state index in [0.29, 0.717) is 12.0 Å². The number of ether oxygens (including phenoxy) is 1. The van der Waals surface area contributed by atoms with Gasteiger partial charge in [0.25, 0.3) is 0 Å². The summed E-state index contributed by atoms with van der Waals surface area (Å²) in [6.07, 6.45) is 7.47. The molecule has 3 N–H and O–H groups in total. The monoisotopic (exact) mass is 314 g/mol. The summed E-state index contributed by atoms with van der Waals surface area (Å²) in [6.45, 7) is 6.20. The number of hydrogen-bond donors (Lipinski definition) is 3. The van der Waals surface area contributed by atoms with Gasteiger partial charge in [0, 0.05) is 49.3 Å². The van der Waals surface area contributed by atoms with Gasteiger partial charge in [-0.1, -0.05) is 6.92 Å². The van der Waals surface area contributed by atoms with Crippen molar-refractivity contribution < 1.29 is 4.74 Å². The Kier molecular flexibility index (Phi) is 4.23. The minimum absolute atomic E-state index is 0.488. The van der Waals surface area contributed by atoms with Crippen molar-refractivity contribution in [2.75, 3.05) is 31.6 Å². The molecule has 2 aromatic heterocycles. The molecule has 2 aromatic rings. The summed E-state index contributed by atoms with van der Waals surface area (Å²) in [7, 11) is 0. The summed E-state index contributed by atoms with van der Waals surface area (Å²) in [4.78, 5) is 7.89. The van der Waals surface area contributed by atoms with Gasteiger partial charge in [0.15, 0.2) is 0 Å². The maximum absolute atomic E-state index is 5.52. The van der Waals surface area contributed by atoms with E-state index in [9.17, 15) is 0 Å². The van der Waals surface area contributed by atoms with Crippen LogP contribution in [-0.4, -0.2) is 42.3 Å². The molecule has 4 heterocycles. The Morgan fingerprint density at radius 2 is 2.13 bits per heavy atom. The number of nitrogens with zero attached hydrogens (tertiary/aromatic N) is 1. The van der Waals surface area contributed by atoms with E-state index < -0.39 is 0 Å². The fraction of sp³-hybridized carbons (Fsp3) is 0.611. The molecule has 2 fully saturated rings. The smallest absolute Gasteiger partial charge is 0.139 e. The van der Waals surface area contributed by atoms with Crippen LogP contribution in [0.4, 0.5) is 5.69 Å². The summed E-state index contributed by atoms with van der Waals surface area (Å²) in [5.41, 5.74) is 3.61. The third kappa shape index (κ3) is 3.08. The third-order valence-corrected chi connectivity index (χ3v) is 5.20. The van der Waals surface area contributed by atoms with E-state index in [1.54, 1.807) is 0 Å². The minimum Gasteiger partial charge on any atom is -0.381 e. The molecule has 5 heteroatoms. The fourth-order valence-corrected chi connectivity index (χ4v) is 4.02. The van der Waals surface area contributed by atoms with E-state index >= 15 is 0 Å². The Morgan fingerprint density at radius 1 is 1.26 bits per heavy atom. The van der Waals surface area contributed by atoms with Crippen molar-refractivity contribution in [3.63, 3.8) is 0 Å². The van der Waals surface area contributed by atoms with Crippen LogP contribution in [0.5, 0.6) is 0 Å². The molecule has 124 valence electrons. The lowest BCUT2D eigenvalue weighted by Crippen LogP contribution is -2.42. The number of rotatable bonds is 3. The van der Waals surface area contributed by atoms with Crippen LogP contribution < -0.4 is 10.6 Å². The summed E-state index contributed by atoms with van der Waals surface area (Å²) in [5.74, 6) is 1.30. The molecule has 0 bridgehead atoms. The molecular formula is C18H26N4O. The van der Waals surface area contributed by atoms with Crippen LogP contribution >= 0.6 is 0 Å². The highest BCUT2D eigenvalue weighted by Crippen LogP contribution is 2.36. The van der Waals surface area contributed by atoms with Crippen molar-refractivity contribution in [3.05, 3.63) is 24.0 Å². The van der Waals surface area contributed by atoms with Gasteiger partial charge in [0.1, 0.15) is 5.65 Å². The summed E-state index contributed by atoms with van der Waals surface area (Å²) < 4.78 is 5.52. The number of pyridine rings is 1. The largest absolute Gasteiger partial charge is 0.381 e. The SMILES string of the molecule is C[C@@H]1CNC[C@H](Nc2ccnc3[nH]cc(C4CCOCC4)c23)C1. The lowest BCUT2D eigenvalue weighted by molar-refractivity contribution is 0.0856. The summed E-state index contributed by atoms with van der Waals surface area (Å²) >= 11 is 0. The first-order chi connectivity index (χ1) is 11.3. The van der Waals surface area contributed by atoms with E-state index in [-0.39, 0.29) is 0 Å². The number of aromatic nitrogens is 2. The quantitative estimate of drug-likeness (QED) is 0.815. The van der Waals surface area contributed by atoms with Crippen molar-refractivity contribution in [2.24, 2.45) is 5.92 Å². The molecule has 0 aromatic carbocycles. The van der Waals surface area contributed by atoms with Gasteiger partial charge in [-0.2, -0.15) is 0 Å². The predicted molar refractivity (Wildman–Crippen MR) is 92.9 cm³/mol. The van der Waals surface area contributed by atoms with Crippen LogP contribution in [0.15, 0.2) is 18.5 Å². The zero-order chi connectivity index (χ0) is 15.6. The lowest BCUT2D eigenvalue weighted by atomic mass is 9.91. The van der Waals surface area contributed by atoms with Crippen LogP contribution in [0.1, 0.15) is 37.7 Å². The highest BCUT2D eigenvalue weighted by atomic mass is 16.5. The molecule has 2 aliphatic heterocycles. The zero-order valence-electron chi connectivity index (χ0n) is 13.8. The van der Waals surface area contributed by atoms with Gasteiger partial charge in [0.2, 0.25) is 0 Å². The molecule has 0 aliphatic carbocycles. The molecule has 0 unspecified atom stereocenters. The molecule has 2 saturated heterocycles. The summed E-state index contributed by atoms with van der Waals surface area (Å²) in [6, 6.07) is 2.61. The van der Waals surface area contributed by atoms with E-state index in [2.05, 4.69) is 39.8 Å². The van der Waals surface area contributed by atoms with Crippen molar-refractivity contribution in [3.8, 4) is 0 Å². The maximum Gasteiger partial charge on any atom is 0.139 e. The van der Waals surface area contributed by atoms with E-state index in [1.807, 2.05) is 6.20 Å². The average Bonchev–Trinajstić information content (AvgIpc) is 3.01. The molecule has 0 spiro atoms. The van der Waals surface area contributed by atoms with Crippen molar-refractivity contribution in [1.29, 1.82) is 0 Å². The normalized spacial score (nSPS) is 26.5. The van der Waals surface area contributed by atoms with Crippen LogP contribution in [0.2, 0.25) is 0 Å². The second kappa shape index (κ2) is 6.49. The standard InChI is InChI=1S/C18H26N4O/c1-12-8-14(10-19-9-12)22-16-2-5-20-18-17(16)15(11-21-18)13-3-6-23-7-4-13/h2,5,11-14,19H,3-4,6-10H2,1H3,(H2,20,21,22)/t12-,14+/m0/s1. The highest BCUT2D eigenvalue weighted by molar-refractivity contribution is 5.93. The zero-order valence-corrected chi connectivity index (χ0v) is 13.8. The van der Waals surface area contributed by atoms with E-state index in [1.165, 1.54) is 23.1 Å². The van der Waals surface area contributed by atoms with Gasteiger partial charge < -0.3 is 20.4 Å². The number of anilines is 1. The highest BCUT2D eigenvalue weighted by Gasteiger charge is 2.23. The third-order valence-electron chi connectivity index (χ3n) is 5.20. The molecule has 0 radical (unpaired) electrons. The Bertz CT molecular complexity index is 662. The first-order valence-electron chi connectivity index (χ1n) is 8.82. The van der Waals surface area contributed by atoms with Gasteiger partial charge >= 0.3 is 0 Å². The van der Waals surface area contributed by atoms with E-state index in [0.717, 1.165) is 50.7 Å². The molecule has 23 heavy (non-hydrogen) atoms. The Balaban J connectivity index is 1.64. The van der Waals surface area contributed by atoms with E-state index in [4.69, 9.17) is 4.74 Å². The van der Waals surface area contributed by atoms with Crippen LogP contribution in [-0.2, 0) is 4.74 Å². The lowest BCUT2D eigenvalue weighted by Gasteiger charge is -2.30. The summed E-state index contributed by atoms with van der Waals surface area (Å²) in [5, 5.41) is 8.56. The molecule has 0 amide bonds. The molecule has 2 atom stereocenters. The molecule has 2 aliphatic rings. The van der Waals surface area contributed by atoms with Gasteiger partial charge in [-0.05, 0) is 49.3 Å². The van der Waals surface area contributed by atoms with Gasteiger partial charge in [-0.15, -0.1) is 0 Å². The molecule has 5 nitrogen and oxygen atoms in total. The number of hydrogen-bond acceptors (Lipinski definition) is 4. The van der Waals surface area contributed by atoms with Crippen LogP contribution in [0, 0.1) is 5.92 Å².